The van der Waals surface area contributed by atoms with Crippen LogP contribution in [0.1, 0.15) is 6.42 Å². The van der Waals surface area contributed by atoms with E-state index < -0.39 is 6.61 Å². The number of halogens is 2. The molecule has 0 spiro atoms. The van der Waals surface area contributed by atoms with Crippen LogP contribution < -0.4 is 0 Å². The van der Waals surface area contributed by atoms with Crippen LogP contribution >= 0.6 is 11.8 Å². The normalized spacial score (nSPS) is 25.1. The Morgan fingerprint density at radius 1 is 1.75 bits per heavy atom. The van der Waals surface area contributed by atoms with Gasteiger partial charge in [-0.1, -0.05) is 6.58 Å². The molecule has 1 fully saturated rings. The van der Waals surface area contributed by atoms with E-state index in [2.05, 4.69) is 11.3 Å². The van der Waals surface area contributed by atoms with Crippen LogP contribution in [-0.2, 0) is 9.53 Å². The highest BCUT2D eigenvalue weighted by atomic mass is 32.2. The Morgan fingerprint density at radius 3 is 2.94 bits per heavy atom. The van der Waals surface area contributed by atoms with Gasteiger partial charge in [0.25, 0.3) is 0 Å². The van der Waals surface area contributed by atoms with Gasteiger partial charge >= 0.3 is 6.61 Å². The molecule has 1 aliphatic heterocycles. The number of hydrogen-bond donors (Lipinski definition) is 0. The highest BCUT2D eigenvalue weighted by Crippen LogP contribution is 2.26. The summed E-state index contributed by atoms with van der Waals surface area (Å²) in [6.45, 7) is 1.07. The monoisotopic (exact) mass is 251 g/mol. The van der Waals surface area contributed by atoms with E-state index in [-0.39, 0.29) is 23.8 Å². The van der Waals surface area contributed by atoms with E-state index in [0.717, 1.165) is 0 Å². The lowest BCUT2D eigenvalue weighted by molar-refractivity contribution is -0.146. The average molecular weight is 251 g/mol. The number of carbonyl (C=O) groups excluding carboxylic acids is 1. The second-order valence-corrected chi connectivity index (χ2v) is 4.67. The molecule has 2 atom stereocenters. The number of thioether (sulfide) groups is 1. The van der Waals surface area contributed by atoms with Crippen molar-refractivity contribution in [1.82, 2.24) is 4.90 Å². The third-order valence-corrected chi connectivity index (χ3v) is 3.59. The van der Waals surface area contributed by atoms with E-state index >= 15 is 0 Å². The summed E-state index contributed by atoms with van der Waals surface area (Å²) in [5.41, 5.74) is 0. The zero-order valence-corrected chi connectivity index (χ0v) is 9.88. The summed E-state index contributed by atoms with van der Waals surface area (Å²) >= 11 is 1.63. The minimum atomic E-state index is -2.78. The van der Waals surface area contributed by atoms with Gasteiger partial charge in [-0.25, -0.2) is 0 Å². The van der Waals surface area contributed by atoms with Crippen molar-refractivity contribution in [3.8, 4) is 0 Å². The second kappa shape index (κ2) is 6.20. The Labute approximate surface area is 97.8 Å². The fourth-order valence-corrected chi connectivity index (χ4v) is 2.50. The summed E-state index contributed by atoms with van der Waals surface area (Å²) < 4.78 is 28.1. The van der Waals surface area contributed by atoms with Crippen LogP contribution in [0.4, 0.5) is 8.78 Å². The second-order valence-electron chi connectivity index (χ2n) is 3.54. The van der Waals surface area contributed by atoms with Crippen LogP contribution in [0.2, 0.25) is 0 Å². The van der Waals surface area contributed by atoms with Crippen molar-refractivity contribution in [3.05, 3.63) is 12.7 Å². The first kappa shape index (κ1) is 13.4. The van der Waals surface area contributed by atoms with Crippen LogP contribution in [0.5, 0.6) is 0 Å². The lowest BCUT2D eigenvalue weighted by atomic mass is 10.2. The fourth-order valence-electron chi connectivity index (χ4n) is 1.77. The molecule has 16 heavy (non-hydrogen) atoms. The molecule has 0 bridgehead atoms. The van der Waals surface area contributed by atoms with E-state index in [1.54, 1.807) is 16.7 Å². The van der Waals surface area contributed by atoms with Crippen molar-refractivity contribution in [2.75, 3.05) is 19.4 Å². The third kappa shape index (κ3) is 3.45. The van der Waals surface area contributed by atoms with Gasteiger partial charge in [0.15, 0.2) is 0 Å². The molecule has 3 nitrogen and oxygen atoms in total. The van der Waals surface area contributed by atoms with Crippen molar-refractivity contribution in [2.45, 2.75) is 24.3 Å². The van der Waals surface area contributed by atoms with Crippen molar-refractivity contribution in [2.24, 2.45) is 0 Å². The average Bonchev–Trinajstić information content (AvgIpc) is 2.68. The predicted octanol–water partition coefficient (Wildman–Crippen LogP) is 1.74. The maximum absolute atomic E-state index is 11.9. The topological polar surface area (TPSA) is 29.5 Å². The number of rotatable bonds is 5. The van der Waals surface area contributed by atoms with Crippen LogP contribution in [-0.4, -0.2) is 48.1 Å². The zero-order chi connectivity index (χ0) is 12.1. The zero-order valence-electron chi connectivity index (χ0n) is 9.07. The van der Waals surface area contributed by atoms with E-state index in [0.29, 0.717) is 13.0 Å². The molecular weight excluding hydrogens is 236 g/mol. The molecule has 1 aliphatic rings. The first-order chi connectivity index (χ1) is 7.58. The van der Waals surface area contributed by atoms with Crippen LogP contribution in [0.15, 0.2) is 12.7 Å². The maximum Gasteiger partial charge on any atom is 0.345 e. The minimum Gasteiger partial charge on any atom is -0.333 e. The van der Waals surface area contributed by atoms with Crippen LogP contribution in [0, 0.1) is 0 Å². The molecule has 0 N–H and O–H groups in total. The van der Waals surface area contributed by atoms with Gasteiger partial charge in [-0.2, -0.15) is 20.5 Å². The molecule has 1 unspecified atom stereocenters. The standard InChI is InChI=1S/C10H15F2NO2S/c1-3-9(14)13-5-8(16-2)4-7(13)6-15-10(11)12/h3,7-8,10H,1,4-6H2,2H3/t7-,8?/m1/s1. The SMILES string of the molecule is C=CC(=O)N1CC(SC)C[C@@H]1COC(F)F. The number of carbonyl (C=O) groups is 1. The Hall–Kier alpha value is -0.620. The van der Waals surface area contributed by atoms with Gasteiger partial charge in [-0.3, -0.25) is 4.79 Å². The summed E-state index contributed by atoms with van der Waals surface area (Å²) in [5.74, 6) is -0.223. The number of ether oxygens (including phenoxy) is 1. The molecule has 92 valence electrons. The molecule has 0 aliphatic carbocycles. The Bertz CT molecular complexity index is 263. The predicted molar refractivity (Wildman–Crippen MR) is 59.6 cm³/mol. The van der Waals surface area contributed by atoms with Gasteiger partial charge in [0.1, 0.15) is 0 Å². The lowest BCUT2D eigenvalue weighted by Gasteiger charge is -2.22. The summed E-state index contributed by atoms with van der Waals surface area (Å²) in [6.07, 6.45) is 3.84. The largest absolute Gasteiger partial charge is 0.345 e. The van der Waals surface area contributed by atoms with Gasteiger partial charge in [0, 0.05) is 11.8 Å². The van der Waals surface area contributed by atoms with Crippen molar-refractivity contribution in [1.29, 1.82) is 0 Å². The summed E-state index contributed by atoms with van der Waals surface area (Å²) in [5, 5.41) is 0.287. The first-order valence-corrected chi connectivity index (χ1v) is 6.22. The summed E-state index contributed by atoms with van der Waals surface area (Å²) in [4.78, 5) is 13.0. The summed E-state index contributed by atoms with van der Waals surface area (Å²) in [7, 11) is 0. The third-order valence-electron chi connectivity index (χ3n) is 2.58. The lowest BCUT2D eigenvalue weighted by Crippen LogP contribution is -2.37. The minimum absolute atomic E-state index is 0.117. The molecule has 0 aromatic heterocycles. The van der Waals surface area contributed by atoms with Crippen molar-refractivity contribution < 1.29 is 18.3 Å². The molecule has 1 heterocycles. The highest BCUT2D eigenvalue weighted by molar-refractivity contribution is 7.99. The van der Waals surface area contributed by atoms with Gasteiger partial charge in [-0.15, -0.1) is 0 Å². The molecule has 0 aromatic rings. The molecular formula is C10H15F2NO2S. The number of nitrogens with zero attached hydrogens (tertiary/aromatic N) is 1. The highest BCUT2D eigenvalue weighted by Gasteiger charge is 2.34. The van der Waals surface area contributed by atoms with Gasteiger partial charge in [0.05, 0.1) is 12.6 Å². The van der Waals surface area contributed by atoms with Gasteiger partial charge in [-0.05, 0) is 18.8 Å². The summed E-state index contributed by atoms with van der Waals surface area (Å²) in [6, 6.07) is -0.267. The van der Waals surface area contributed by atoms with E-state index in [1.165, 1.54) is 6.08 Å². The molecule has 0 radical (unpaired) electrons. The quantitative estimate of drug-likeness (QED) is 0.697. The molecule has 1 amide bonds. The first-order valence-electron chi connectivity index (χ1n) is 4.94. The number of hydrogen-bond acceptors (Lipinski definition) is 3. The van der Waals surface area contributed by atoms with Gasteiger partial charge < -0.3 is 9.64 Å². The smallest absolute Gasteiger partial charge is 0.333 e. The maximum atomic E-state index is 11.9. The number of amides is 1. The Kier molecular flexibility index (Phi) is 5.21. The molecule has 6 heteroatoms. The van der Waals surface area contributed by atoms with E-state index in [1.807, 2.05) is 6.26 Å². The van der Waals surface area contributed by atoms with Crippen LogP contribution in [0.3, 0.4) is 0 Å². The molecule has 1 saturated heterocycles. The van der Waals surface area contributed by atoms with E-state index in [9.17, 15) is 13.6 Å². The van der Waals surface area contributed by atoms with Crippen molar-refractivity contribution in [3.63, 3.8) is 0 Å². The number of alkyl halides is 2. The van der Waals surface area contributed by atoms with E-state index in [4.69, 9.17) is 0 Å². The van der Waals surface area contributed by atoms with Gasteiger partial charge in [0.2, 0.25) is 5.91 Å². The Balaban J connectivity index is 2.56. The van der Waals surface area contributed by atoms with Crippen LogP contribution in [0.25, 0.3) is 0 Å². The Morgan fingerprint density at radius 2 is 2.44 bits per heavy atom. The number of likely N-dealkylation sites (tertiary alicyclic amines) is 1. The fraction of sp³-hybridized carbons (Fsp3) is 0.700. The van der Waals surface area contributed by atoms with Crippen molar-refractivity contribution >= 4 is 17.7 Å². The molecule has 0 aromatic carbocycles. The molecule has 0 saturated carbocycles. The molecule has 1 rings (SSSR count).